The predicted octanol–water partition coefficient (Wildman–Crippen LogP) is 0.381. The van der Waals surface area contributed by atoms with Crippen LogP contribution in [0.5, 0.6) is 0 Å². The summed E-state index contributed by atoms with van der Waals surface area (Å²) in [5, 5.41) is 3.70. The highest BCUT2D eigenvalue weighted by Gasteiger charge is 2.34. The summed E-state index contributed by atoms with van der Waals surface area (Å²) >= 11 is 0. The minimum absolute atomic E-state index is 0.00347. The second kappa shape index (κ2) is 5.30. The first-order valence-electron chi connectivity index (χ1n) is 6.17. The van der Waals surface area contributed by atoms with Crippen molar-refractivity contribution in [1.82, 2.24) is 14.1 Å². The molecule has 0 N–H and O–H groups in total. The quantitative estimate of drug-likeness (QED) is 0.748. The fourth-order valence-electron chi connectivity index (χ4n) is 2.06. The number of nitrogens with zero attached hydrogens (tertiary/aromatic N) is 3. The third-order valence-electron chi connectivity index (χ3n) is 2.94. The number of hydrogen-bond donors (Lipinski definition) is 0. The minimum atomic E-state index is -3.71. The number of hydrogen-bond acceptors (Lipinski definition) is 5. The average molecular weight is 287 g/mol. The van der Waals surface area contributed by atoms with Crippen molar-refractivity contribution in [3.05, 3.63) is 11.8 Å². The van der Waals surface area contributed by atoms with Crippen LogP contribution < -0.4 is 0 Å². The summed E-state index contributed by atoms with van der Waals surface area (Å²) in [4.78, 5) is 11.8. The highest BCUT2D eigenvalue weighted by molar-refractivity contribution is 7.89. The Morgan fingerprint density at radius 1 is 1.42 bits per heavy atom. The normalized spacial score (nSPS) is 16.7. The Hall–Kier alpha value is -1.41. The van der Waals surface area contributed by atoms with E-state index < -0.39 is 16.0 Å². The van der Waals surface area contributed by atoms with E-state index in [-0.39, 0.29) is 17.2 Å². The van der Waals surface area contributed by atoms with Gasteiger partial charge in [0.25, 0.3) is 10.0 Å². The van der Waals surface area contributed by atoms with Crippen LogP contribution in [0.3, 0.4) is 0 Å². The summed E-state index contributed by atoms with van der Waals surface area (Å²) in [6.07, 6.45) is 3.04. The summed E-state index contributed by atoms with van der Waals surface area (Å²) in [7, 11) is -2.14. The van der Waals surface area contributed by atoms with Crippen LogP contribution in [0.1, 0.15) is 30.1 Å². The van der Waals surface area contributed by atoms with E-state index in [0.717, 1.165) is 12.8 Å². The van der Waals surface area contributed by atoms with Gasteiger partial charge < -0.3 is 4.74 Å². The lowest BCUT2D eigenvalue weighted by Crippen LogP contribution is -2.29. The van der Waals surface area contributed by atoms with Crippen LogP contribution in [0, 0.1) is 0 Å². The molecule has 1 aromatic rings. The van der Waals surface area contributed by atoms with Crippen molar-refractivity contribution in [3.8, 4) is 0 Å². The van der Waals surface area contributed by atoms with Gasteiger partial charge in [-0.25, -0.2) is 13.2 Å². The second-order valence-corrected chi connectivity index (χ2v) is 6.21. The van der Waals surface area contributed by atoms with E-state index in [1.54, 1.807) is 14.0 Å². The van der Waals surface area contributed by atoms with Crippen molar-refractivity contribution in [1.29, 1.82) is 0 Å². The molecule has 1 aliphatic rings. The number of aryl methyl sites for hydroxylation is 1. The first-order valence-corrected chi connectivity index (χ1v) is 7.61. The topological polar surface area (TPSA) is 81.5 Å². The molecule has 2 heterocycles. The molecule has 0 spiro atoms. The standard InChI is InChI=1S/C11H17N3O4S/c1-3-18-11(15)9-8-13(2)12-10(9)19(16,17)14-6-4-5-7-14/h8H,3-7H2,1-2H3. The number of carbonyl (C=O) groups is 1. The molecule has 8 heteroatoms. The molecule has 2 rings (SSSR count). The van der Waals surface area contributed by atoms with E-state index in [1.165, 1.54) is 15.2 Å². The highest BCUT2D eigenvalue weighted by atomic mass is 32.2. The fraction of sp³-hybridized carbons (Fsp3) is 0.636. The van der Waals surface area contributed by atoms with Gasteiger partial charge in [-0.15, -0.1) is 0 Å². The lowest BCUT2D eigenvalue weighted by atomic mass is 10.4. The Kier molecular flexibility index (Phi) is 3.91. The van der Waals surface area contributed by atoms with Gasteiger partial charge in [0.15, 0.2) is 0 Å². The van der Waals surface area contributed by atoms with Crippen molar-refractivity contribution in [2.24, 2.45) is 7.05 Å². The molecular weight excluding hydrogens is 270 g/mol. The Morgan fingerprint density at radius 2 is 2.05 bits per heavy atom. The van der Waals surface area contributed by atoms with Crippen molar-refractivity contribution >= 4 is 16.0 Å². The number of ether oxygens (including phenoxy) is 1. The Balaban J connectivity index is 2.41. The summed E-state index contributed by atoms with van der Waals surface area (Å²) in [6, 6.07) is 0. The first kappa shape index (κ1) is 14.0. The number of rotatable bonds is 4. The van der Waals surface area contributed by atoms with E-state index >= 15 is 0 Å². The third kappa shape index (κ3) is 2.64. The summed E-state index contributed by atoms with van der Waals surface area (Å²) < 4.78 is 32.4. The van der Waals surface area contributed by atoms with Gasteiger partial charge in [-0.3, -0.25) is 4.68 Å². The zero-order valence-corrected chi connectivity index (χ0v) is 11.8. The Labute approximate surface area is 112 Å². The molecular formula is C11H17N3O4S. The minimum Gasteiger partial charge on any atom is -0.462 e. The van der Waals surface area contributed by atoms with Crippen LogP contribution >= 0.6 is 0 Å². The van der Waals surface area contributed by atoms with Gasteiger partial charge >= 0.3 is 5.97 Å². The molecule has 0 amide bonds. The lowest BCUT2D eigenvalue weighted by molar-refractivity contribution is 0.0521. The largest absolute Gasteiger partial charge is 0.462 e. The smallest absolute Gasteiger partial charge is 0.342 e. The van der Waals surface area contributed by atoms with E-state index in [0.29, 0.717) is 13.1 Å². The van der Waals surface area contributed by atoms with Crippen LogP contribution in [0.4, 0.5) is 0 Å². The zero-order chi connectivity index (χ0) is 14.0. The van der Waals surface area contributed by atoms with Gasteiger partial charge in [-0.2, -0.15) is 9.40 Å². The van der Waals surface area contributed by atoms with Gasteiger partial charge in [0.05, 0.1) is 6.61 Å². The second-order valence-electron chi connectivity index (χ2n) is 4.35. The number of sulfonamides is 1. The van der Waals surface area contributed by atoms with Crippen LogP contribution in [0.15, 0.2) is 11.2 Å². The highest BCUT2D eigenvalue weighted by Crippen LogP contribution is 2.22. The van der Waals surface area contributed by atoms with Crippen molar-refractivity contribution in [2.75, 3.05) is 19.7 Å². The predicted molar refractivity (Wildman–Crippen MR) is 67.2 cm³/mol. The molecule has 1 saturated heterocycles. The van der Waals surface area contributed by atoms with E-state index in [9.17, 15) is 13.2 Å². The van der Waals surface area contributed by atoms with Gasteiger partial charge in [-0.05, 0) is 19.8 Å². The maximum atomic E-state index is 12.4. The lowest BCUT2D eigenvalue weighted by Gasteiger charge is -2.14. The maximum absolute atomic E-state index is 12.4. The first-order chi connectivity index (χ1) is 8.96. The summed E-state index contributed by atoms with van der Waals surface area (Å²) in [6.45, 7) is 2.81. The van der Waals surface area contributed by atoms with Crippen LogP contribution in [-0.4, -0.2) is 48.2 Å². The van der Waals surface area contributed by atoms with Gasteiger partial charge in [-0.1, -0.05) is 0 Å². The van der Waals surface area contributed by atoms with Crippen molar-refractivity contribution in [2.45, 2.75) is 24.8 Å². The number of aromatic nitrogens is 2. The molecule has 0 radical (unpaired) electrons. The van der Waals surface area contributed by atoms with Gasteiger partial charge in [0, 0.05) is 26.3 Å². The fourth-order valence-corrected chi connectivity index (χ4v) is 3.69. The average Bonchev–Trinajstić information content (AvgIpc) is 2.97. The molecule has 0 saturated carbocycles. The van der Waals surface area contributed by atoms with Crippen LogP contribution in [0.2, 0.25) is 0 Å². The van der Waals surface area contributed by atoms with Crippen LogP contribution in [0.25, 0.3) is 0 Å². The molecule has 0 aromatic carbocycles. The molecule has 106 valence electrons. The van der Waals surface area contributed by atoms with Crippen LogP contribution in [-0.2, 0) is 21.8 Å². The van der Waals surface area contributed by atoms with E-state index in [1.807, 2.05) is 0 Å². The Morgan fingerprint density at radius 3 is 2.63 bits per heavy atom. The molecule has 1 aliphatic heterocycles. The third-order valence-corrected chi connectivity index (χ3v) is 4.77. The molecule has 0 unspecified atom stereocenters. The number of carbonyl (C=O) groups excluding carboxylic acids is 1. The van der Waals surface area contributed by atoms with Crippen molar-refractivity contribution < 1.29 is 17.9 Å². The molecule has 0 atom stereocenters. The van der Waals surface area contributed by atoms with Gasteiger partial charge in [0.2, 0.25) is 5.03 Å². The molecule has 7 nitrogen and oxygen atoms in total. The molecule has 1 aromatic heterocycles. The van der Waals surface area contributed by atoms with E-state index in [2.05, 4.69) is 5.10 Å². The summed E-state index contributed by atoms with van der Waals surface area (Å²) in [5.74, 6) is -0.659. The van der Waals surface area contributed by atoms with Crippen molar-refractivity contribution in [3.63, 3.8) is 0 Å². The Bertz CT molecular complexity index is 573. The molecule has 0 aliphatic carbocycles. The molecule has 1 fully saturated rings. The molecule has 0 bridgehead atoms. The summed E-state index contributed by atoms with van der Waals surface area (Å²) in [5.41, 5.74) is -0.00347. The number of esters is 1. The SMILES string of the molecule is CCOC(=O)c1cn(C)nc1S(=O)(=O)N1CCCC1. The monoisotopic (exact) mass is 287 g/mol. The zero-order valence-electron chi connectivity index (χ0n) is 11.0. The van der Waals surface area contributed by atoms with E-state index in [4.69, 9.17) is 4.74 Å². The molecule has 19 heavy (non-hydrogen) atoms. The maximum Gasteiger partial charge on any atom is 0.342 e. The van der Waals surface area contributed by atoms with Gasteiger partial charge in [0.1, 0.15) is 5.56 Å².